The summed E-state index contributed by atoms with van der Waals surface area (Å²) in [7, 11) is 1.62. The normalized spacial score (nSPS) is 19.9. The van der Waals surface area contributed by atoms with Gasteiger partial charge in [0.15, 0.2) is 5.78 Å². The molecule has 0 amide bonds. The summed E-state index contributed by atoms with van der Waals surface area (Å²) in [6.07, 6.45) is 0.691. The number of nitrogens with one attached hydrogen (secondary N) is 2. The second-order valence-electron chi connectivity index (χ2n) is 8.08. The average Bonchev–Trinajstić information content (AvgIpc) is 2.96. The zero-order valence-corrected chi connectivity index (χ0v) is 18.2. The van der Waals surface area contributed by atoms with Crippen LogP contribution < -0.4 is 15.4 Å². The molecule has 0 fully saturated rings. The third-order valence-electron chi connectivity index (χ3n) is 6.17. The minimum absolute atomic E-state index is 0.0239. The van der Waals surface area contributed by atoms with Gasteiger partial charge >= 0.3 is 0 Å². The Morgan fingerprint density at radius 2 is 1.72 bits per heavy atom. The fourth-order valence-corrected chi connectivity index (χ4v) is 4.96. The number of allylic oxidation sites excluding steroid dienone is 1. The molecule has 5 rings (SSSR count). The van der Waals surface area contributed by atoms with Crippen molar-refractivity contribution in [3.05, 3.63) is 100.0 Å². The van der Waals surface area contributed by atoms with E-state index in [9.17, 15) is 9.18 Å². The maximum Gasteiger partial charge on any atom is 0.163 e. The zero-order valence-electron chi connectivity index (χ0n) is 17.5. The van der Waals surface area contributed by atoms with Gasteiger partial charge in [0, 0.05) is 34.2 Å². The number of carbonyl (C=O) groups excluding carboxylic acids is 1. The molecule has 0 saturated heterocycles. The molecule has 3 aromatic rings. The van der Waals surface area contributed by atoms with Crippen LogP contribution in [-0.2, 0) is 4.79 Å². The number of benzene rings is 3. The summed E-state index contributed by atoms with van der Waals surface area (Å²) in [5.41, 5.74) is 4.61. The molecular weight excluding hydrogens is 427 g/mol. The van der Waals surface area contributed by atoms with E-state index in [1.165, 1.54) is 6.07 Å². The minimum Gasteiger partial charge on any atom is -0.497 e. The minimum atomic E-state index is -0.377. The van der Waals surface area contributed by atoms with Crippen LogP contribution in [0.15, 0.2) is 78.0 Å². The van der Waals surface area contributed by atoms with Gasteiger partial charge in [-0.2, -0.15) is 0 Å². The summed E-state index contributed by atoms with van der Waals surface area (Å²) in [6, 6.07) is 19.8. The van der Waals surface area contributed by atoms with Gasteiger partial charge in [-0.1, -0.05) is 41.9 Å². The number of carbonyl (C=O) groups is 1. The molecule has 4 nitrogen and oxygen atoms in total. The first kappa shape index (κ1) is 20.6. The van der Waals surface area contributed by atoms with Crippen LogP contribution in [0, 0.1) is 5.82 Å². The molecule has 0 spiro atoms. The van der Waals surface area contributed by atoms with Crippen molar-refractivity contribution in [2.75, 3.05) is 17.7 Å². The third-order valence-corrected chi connectivity index (χ3v) is 6.50. The predicted molar refractivity (Wildman–Crippen MR) is 125 cm³/mol. The largest absolute Gasteiger partial charge is 0.497 e. The molecule has 1 heterocycles. The number of para-hydroxylation sites is 2. The van der Waals surface area contributed by atoms with Crippen molar-refractivity contribution in [1.29, 1.82) is 0 Å². The first-order valence-corrected chi connectivity index (χ1v) is 10.9. The number of halogens is 2. The smallest absolute Gasteiger partial charge is 0.163 e. The van der Waals surface area contributed by atoms with Crippen LogP contribution >= 0.6 is 11.6 Å². The van der Waals surface area contributed by atoms with Crippen molar-refractivity contribution in [2.24, 2.45) is 0 Å². The number of fused-ring (bicyclic) bond motifs is 1. The molecule has 162 valence electrons. The summed E-state index contributed by atoms with van der Waals surface area (Å²) < 4.78 is 20.0. The summed E-state index contributed by atoms with van der Waals surface area (Å²) in [5, 5.41) is 7.35. The second-order valence-corrected chi connectivity index (χ2v) is 8.48. The van der Waals surface area contributed by atoms with E-state index in [0.717, 1.165) is 28.4 Å². The quantitative estimate of drug-likeness (QED) is 0.482. The van der Waals surface area contributed by atoms with Crippen molar-refractivity contribution < 1.29 is 13.9 Å². The van der Waals surface area contributed by atoms with Gasteiger partial charge in [0.1, 0.15) is 11.6 Å². The molecule has 3 aromatic carbocycles. The molecule has 32 heavy (non-hydrogen) atoms. The number of ketones is 1. The highest BCUT2D eigenvalue weighted by molar-refractivity contribution is 6.31. The van der Waals surface area contributed by atoms with Gasteiger partial charge in [0.2, 0.25) is 0 Å². The van der Waals surface area contributed by atoms with Crippen molar-refractivity contribution in [3.63, 3.8) is 0 Å². The van der Waals surface area contributed by atoms with Gasteiger partial charge in [-0.3, -0.25) is 4.79 Å². The van der Waals surface area contributed by atoms with Crippen molar-refractivity contribution in [3.8, 4) is 5.75 Å². The Kier molecular flexibility index (Phi) is 5.35. The number of anilines is 2. The Morgan fingerprint density at radius 3 is 2.44 bits per heavy atom. The van der Waals surface area contributed by atoms with Gasteiger partial charge < -0.3 is 15.4 Å². The molecular formula is C26H22ClFN2O2. The standard InChI is InChI=1S/C26H22ClFN2O2/c1-32-17-11-9-15(10-12-17)26-25-22(29-20-7-2-3-8-21(20)30-26)13-16(14-23(25)31)24-18(27)5-4-6-19(24)28/h2-12,16,26,29-30H,13-14H2,1H3. The average molecular weight is 449 g/mol. The number of rotatable bonds is 3. The monoisotopic (exact) mass is 448 g/mol. The number of hydrogen-bond acceptors (Lipinski definition) is 4. The first-order chi connectivity index (χ1) is 15.5. The van der Waals surface area contributed by atoms with E-state index in [1.54, 1.807) is 19.2 Å². The number of ether oxygens (including phenoxy) is 1. The molecule has 0 saturated carbocycles. The molecule has 2 aliphatic rings. The lowest BCUT2D eigenvalue weighted by molar-refractivity contribution is -0.116. The molecule has 2 unspecified atom stereocenters. The van der Waals surface area contributed by atoms with Gasteiger partial charge in [-0.15, -0.1) is 0 Å². The SMILES string of the molecule is COc1ccc(C2Nc3ccccc3NC3=C2C(=O)CC(c2c(F)cccc2Cl)C3)cc1. The van der Waals surface area contributed by atoms with E-state index in [2.05, 4.69) is 10.6 Å². The lowest BCUT2D eigenvalue weighted by atomic mass is 9.78. The van der Waals surface area contributed by atoms with Crippen LogP contribution in [0.5, 0.6) is 5.75 Å². The zero-order chi connectivity index (χ0) is 22.2. The third kappa shape index (κ3) is 3.63. The Labute approximate surface area is 191 Å². The summed E-state index contributed by atoms with van der Waals surface area (Å²) in [4.78, 5) is 13.5. The van der Waals surface area contributed by atoms with E-state index >= 15 is 0 Å². The molecule has 1 aliphatic heterocycles. The van der Waals surface area contributed by atoms with E-state index in [-0.39, 0.29) is 30.0 Å². The predicted octanol–water partition coefficient (Wildman–Crippen LogP) is 6.47. The first-order valence-electron chi connectivity index (χ1n) is 10.5. The molecule has 2 N–H and O–H groups in total. The van der Waals surface area contributed by atoms with E-state index in [4.69, 9.17) is 16.3 Å². The fourth-order valence-electron chi connectivity index (χ4n) is 4.64. The topological polar surface area (TPSA) is 50.4 Å². The summed E-state index contributed by atoms with van der Waals surface area (Å²) in [5.74, 6) is 0.0194. The summed E-state index contributed by atoms with van der Waals surface area (Å²) in [6.45, 7) is 0. The highest BCUT2D eigenvalue weighted by atomic mass is 35.5. The van der Waals surface area contributed by atoms with Crippen molar-refractivity contribution >= 4 is 28.8 Å². The molecule has 2 atom stereocenters. The van der Waals surface area contributed by atoms with Crippen LogP contribution in [0.25, 0.3) is 0 Å². The van der Waals surface area contributed by atoms with Crippen LogP contribution in [0.3, 0.4) is 0 Å². The van der Waals surface area contributed by atoms with E-state index in [0.29, 0.717) is 22.6 Å². The van der Waals surface area contributed by atoms with E-state index < -0.39 is 0 Å². The van der Waals surface area contributed by atoms with E-state index in [1.807, 2.05) is 48.5 Å². The molecule has 0 aromatic heterocycles. The lowest BCUT2D eigenvalue weighted by Gasteiger charge is -2.30. The Hall–Kier alpha value is -3.31. The van der Waals surface area contributed by atoms with Crippen LogP contribution in [0.1, 0.15) is 35.9 Å². The molecule has 1 aliphatic carbocycles. The fraction of sp³-hybridized carbons (Fsp3) is 0.192. The maximum atomic E-state index is 14.7. The number of methoxy groups -OCH3 is 1. The van der Waals surface area contributed by atoms with Crippen molar-refractivity contribution in [2.45, 2.75) is 24.8 Å². The van der Waals surface area contributed by atoms with Gasteiger partial charge in [0.05, 0.1) is 24.5 Å². The highest BCUT2D eigenvalue weighted by Gasteiger charge is 2.37. The molecule has 0 radical (unpaired) electrons. The second kappa shape index (κ2) is 8.32. The van der Waals surface area contributed by atoms with Crippen molar-refractivity contribution in [1.82, 2.24) is 0 Å². The van der Waals surface area contributed by atoms with Crippen LogP contribution in [0.2, 0.25) is 5.02 Å². The molecule has 6 heteroatoms. The number of Topliss-reactive ketones (excluding diaryl/α,β-unsaturated/α-hetero) is 1. The summed E-state index contributed by atoms with van der Waals surface area (Å²) >= 11 is 6.34. The van der Waals surface area contributed by atoms with Gasteiger partial charge in [-0.05, 0) is 48.4 Å². The van der Waals surface area contributed by atoms with Gasteiger partial charge in [-0.25, -0.2) is 4.39 Å². The Bertz CT molecular complexity index is 1200. The number of hydrogen-bond donors (Lipinski definition) is 2. The molecule has 0 bridgehead atoms. The Morgan fingerprint density at radius 1 is 0.969 bits per heavy atom. The van der Waals surface area contributed by atoms with Gasteiger partial charge in [0.25, 0.3) is 0 Å². The lowest BCUT2D eigenvalue weighted by Crippen LogP contribution is -2.27. The van der Waals surface area contributed by atoms with Crippen LogP contribution in [-0.4, -0.2) is 12.9 Å². The van der Waals surface area contributed by atoms with Crippen LogP contribution in [0.4, 0.5) is 15.8 Å². The maximum absolute atomic E-state index is 14.7. The Balaban J connectivity index is 1.61. The highest BCUT2D eigenvalue weighted by Crippen LogP contribution is 2.45.